The van der Waals surface area contributed by atoms with Gasteiger partial charge in [0.1, 0.15) is 5.75 Å². The normalized spacial score (nSPS) is 11.2. The maximum absolute atomic E-state index is 11.5. The molecule has 10 heavy (non-hydrogen) atoms. The van der Waals surface area contributed by atoms with Crippen molar-refractivity contribution in [2.75, 3.05) is 5.75 Å². The van der Waals surface area contributed by atoms with Gasteiger partial charge < -0.3 is 0 Å². The molecule has 0 heterocycles. The van der Waals surface area contributed by atoms with Crippen LogP contribution in [0.15, 0.2) is 11.9 Å². The highest BCUT2D eigenvalue weighted by molar-refractivity contribution is 7.86. The third kappa shape index (κ3) is 4.30. The van der Waals surface area contributed by atoms with Crippen LogP contribution in [0.2, 0.25) is 0 Å². The lowest BCUT2D eigenvalue weighted by atomic mass is 10.7. The summed E-state index contributed by atoms with van der Waals surface area (Å²) >= 11 is 0. The van der Waals surface area contributed by atoms with E-state index in [-0.39, 0.29) is 0 Å². The summed E-state index contributed by atoms with van der Waals surface area (Å²) in [7, 11) is -5.18. The molecule has 60 valence electrons. The van der Waals surface area contributed by atoms with Crippen LogP contribution in [0.4, 0.5) is 17.1 Å². The second-order valence-corrected chi connectivity index (χ2v) is 2.71. The van der Waals surface area contributed by atoms with E-state index in [0.29, 0.717) is 0 Å². The molecule has 7 heteroatoms. The Morgan fingerprint density at radius 1 is 1.20 bits per heavy atom. The Morgan fingerprint density at radius 3 is 1.70 bits per heavy atom. The van der Waals surface area contributed by atoms with Crippen LogP contribution in [-0.4, -0.2) is 14.2 Å². The molecule has 0 radical (unpaired) electrons. The lowest BCUT2D eigenvalue weighted by molar-refractivity contribution is 0.379. The van der Waals surface area contributed by atoms with Crippen LogP contribution < -0.4 is 0 Å². The molecular weight excluding hydrogens is 176 g/mol. The summed E-state index contributed by atoms with van der Waals surface area (Å²) < 4.78 is 63.9. The summed E-state index contributed by atoms with van der Waals surface area (Å²) in [6.45, 7) is 0. The van der Waals surface area contributed by atoms with E-state index in [2.05, 4.69) is 0 Å². The van der Waals surface area contributed by atoms with Crippen molar-refractivity contribution in [2.24, 2.45) is 0 Å². The van der Waals surface area contributed by atoms with E-state index in [0.717, 1.165) is 0 Å². The van der Waals surface area contributed by atoms with Crippen molar-refractivity contribution in [3.05, 3.63) is 11.9 Å². The van der Waals surface area contributed by atoms with Gasteiger partial charge in [-0.25, -0.2) is 4.39 Å². The van der Waals surface area contributed by atoms with Crippen LogP contribution >= 0.6 is 0 Å². The van der Waals surface area contributed by atoms with Crippen LogP contribution in [-0.2, 0) is 10.2 Å². The van der Waals surface area contributed by atoms with Gasteiger partial charge in [0.25, 0.3) is 0 Å². The predicted octanol–water partition coefficient (Wildman–Crippen LogP) is 1.36. The molecule has 2 nitrogen and oxygen atoms in total. The summed E-state index contributed by atoms with van der Waals surface area (Å²) in [6, 6.07) is 0. The van der Waals surface area contributed by atoms with Crippen LogP contribution in [0, 0.1) is 0 Å². The van der Waals surface area contributed by atoms with Gasteiger partial charge in [-0.3, -0.25) is 0 Å². The summed E-state index contributed by atoms with van der Waals surface area (Å²) in [5.41, 5.74) is 0. The van der Waals surface area contributed by atoms with Crippen LogP contribution in [0.25, 0.3) is 0 Å². The van der Waals surface area contributed by atoms with Gasteiger partial charge in [0.05, 0.1) is 0 Å². The van der Waals surface area contributed by atoms with Gasteiger partial charge in [0, 0.05) is 0 Å². The third-order valence-electron chi connectivity index (χ3n) is 0.504. The van der Waals surface area contributed by atoms with Crippen molar-refractivity contribution in [1.29, 1.82) is 0 Å². The molecule has 0 saturated heterocycles. The minimum absolute atomic E-state index is 1.89. The highest BCUT2D eigenvalue weighted by Crippen LogP contribution is 2.11. The van der Waals surface area contributed by atoms with Crippen molar-refractivity contribution in [3.63, 3.8) is 0 Å². The highest BCUT2D eigenvalue weighted by atomic mass is 32.3. The molecule has 0 aliphatic rings. The number of halogens is 4. The van der Waals surface area contributed by atoms with Crippen molar-refractivity contribution < 1.29 is 25.5 Å². The molecule has 0 aromatic rings. The monoisotopic (exact) mass is 178 g/mol. The van der Waals surface area contributed by atoms with Crippen LogP contribution in [0.1, 0.15) is 0 Å². The predicted molar refractivity (Wildman–Crippen MR) is 25.2 cm³/mol. The van der Waals surface area contributed by atoms with Crippen molar-refractivity contribution in [1.82, 2.24) is 0 Å². The SMILES string of the molecule is O=S(=O)(F)CC(F)=C(F)F. The first kappa shape index (κ1) is 9.41. The van der Waals surface area contributed by atoms with Gasteiger partial charge >= 0.3 is 16.3 Å². The lowest BCUT2D eigenvalue weighted by Crippen LogP contribution is -1.98. The van der Waals surface area contributed by atoms with Crippen LogP contribution in [0.3, 0.4) is 0 Å². The Kier molecular flexibility index (Phi) is 2.82. The topological polar surface area (TPSA) is 34.1 Å². The van der Waals surface area contributed by atoms with Gasteiger partial charge in [0.2, 0.25) is 0 Å². The van der Waals surface area contributed by atoms with E-state index in [1.165, 1.54) is 0 Å². The van der Waals surface area contributed by atoms with Crippen molar-refractivity contribution in [3.8, 4) is 0 Å². The molecule has 0 atom stereocenters. The molecule has 0 aliphatic carbocycles. The zero-order valence-electron chi connectivity index (χ0n) is 4.44. The Hall–Kier alpha value is -0.590. The molecule has 0 aliphatic heterocycles. The Morgan fingerprint density at radius 2 is 1.60 bits per heavy atom. The molecule has 0 unspecified atom stereocenters. The largest absolute Gasteiger partial charge is 0.309 e. The van der Waals surface area contributed by atoms with E-state index in [9.17, 15) is 25.5 Å². The molecule has 0 N–H and O–H groups in total. The van der Waals surface area contributed by atoms with E-state index >= 15 is 0 Å². The minimum Gasteiger partial charge on any atom is -0.205 e. The summed E-state index contributed by atoms with van der Waals surface area (Å²) in [4.78, 5) is 0. The average molecular weight is 178 g/mol. The molecule has 0 aromatic carbocycles. The zero-order chi connectivity index (χ0) is 8.36. The van der Waals surface area contributed by atoms with Crippen LogP contribution in [0.5, 0.6) is 0 Å². The van der Waals surface area contributed by atoms with Gasteiger partial charge in [-0.1, -0.05) is 0 Å². The van der Waals surface area contributed by atoms with E-state index in [1.807, 2.05) is 0 Å². The molecule has 0 fully saturated rings. The van der Waals surface area contributed by atoms with Gasteiger partial charge in [0.15, 0.2) is 5.83 Å². The van der Waals surface area contributed by atoms with E-state index in [1.54, 1.807) is 0 Å². The summed E-state index contributed by atoms with van der Waals surface area (Å²) in [6.07, 6.45) is -2.82. The zero-order valence-corrected chi connectivity index (χ0v) is 5.26. The maximum Gasteiger partial charge on any atom is 0.309 e. The summed E-state index contributed by atoms with van der Waals surface area (Å²) in [5.74, 6) is -4.16. The smallest absolute Gasteiger partial charge is 0.205 e. The Bertz CT molecular complexity index is 237. The Labute approximate surface area is 54.4 Å². The molecule has 0 rings (SSSR count). The standard InChI is InChI=1S/C3H2F4O2S/c4-2(3(5)6)1-10(7,8)9/h1H2. The molecule has 0 saturated carbocycles. The number of hydrogen-bond acceptors (Lipinski definition) is 2. The first-order valence-electron chi connectivity index (χ1n) is 1.95. The average Bonchev–Trinajstić information content (AvgIpc) is 1.60. The molecule has 0 bridgehead atoms. The van der Waals surface area contributed by atoms with E-state index in [4.69, 9.17) is 0 Å². The van der Waals surface area contributed by atoms with Gasteiger partial charge in [-0.15, -0.1) is 3.89 Å². The van der Waals surface area contributed by atoms with Crippen molar-refractivity contribution in [2.45, 2.75) is 0 Å². The fraction of sp³-hybridized carbons (Fsp3) is 0.333. The molecular formula is C3H2F4O2S. The van der Waals surface area contributed by atoms with Gasteiger partial charge in [-0.2, -0.15) is 17.2 Å². The number of hydrogen-bond donors (Lipinski definition) is 0. The second kappa shape index (κ2) is 3.00. The van der Waals surface area contributed by atoms with Gasteiger partial charge in [-0.05, 0) is 0 Å². The minimum atomic E-state index is -5.18. The Balaban J connectivity index is 4.35. The fourth-order valence-electron chi connectivity index (χ4n) is 0.206. The molecule has 0 spiro atoms. The maximum atomic E-state index is 11.5. The second-order valence-electron chi connectivity index (χ2n) is 1.35. The summed E-state index contributed by atoms with van der Waals surface area (Å²) in [5, 5.41) is 0. The quantitative estimate of drug-likeness (QED) is 0.472. The fourth-order valence-corrected chi connectivity index (χ4v) is 0.618. The third-order valence-corrected chi connectivity index (χ3v) is 1.10. The van der Waals surface area contributed by atoms with E-state index < -0.39 is 27.9 Å². The molecule has 0 amide bonds. The number of rotatable bonds is 2. The molecule has 0 aromatic heterocycles. The highest BCUT2D eigenvalue weighted by Gasteiger charge is 2.15. The first-order valence-corrected chi connectivity index (χ1v) is 3.50. The van der Waals surface area contributed by atoms with Crippen molar-refractivity contribution >= 4 is 10.2 Å². The first-order chi connectivity index (χ1) is 4.33. The lowest BCUT2D eigenvalue weighted by Gasteiger charge is -1.87.